The highest BCUT2D eigenvalue weighted by molar-refractivity contribution is 6.04. The van der Waals surface area contributed by atoms with Crippen molar-refractivity contribution in [2.75, 3.05) is 11.1 Å². The SMILES string of the molecule is Nc1nc2nc(C(=O)Nc3ccc(C(=O)N[C@@H](CCC(=O)O)C(=O)O)cc3)cnc2c(=O)[nH]1. The quantitative estimate of drug-likeness (QED) is 0.256. The maximum Gasteiger partial charge on any atom is 0.326 e. The van der Waals surface area contributed by atoms with Gasteiger partial charge in [-0.2, -0.15) is 4.98 Å². The molecule has 0 radical (unpaired) electrons. The van der Waals surface area contributed by atoms with E-state index in [0.29, 0.717) is 0 Å². The third-order valence-electron chi connectivity index (χ3n) is 4.33. The zero-order valence-electron chi connectivity index (χ0n) is 16.7. The summed E-state index contributed by atoms with van der Waals surface area (Å²) in [6.07, 6.45) is 0.399. The van der Waals surface area contributed by atoms with Gasteiger partial charge in [0, 0.05) is 17.7 Å². The van der Waals surface area contributed by atoms with Crippen molar-refractivity contribution < 1.29 is 29.4 Å². The Balaban J connectivity index is 1.68. The molecule has 3 aromatic rings. The number of nitrogens with zero attached hydrogens (tertiary/aromatic N) is 3. The molecule has 0 unspecified atom stereocenters. The first-order chi connectivity index (χ1) is 15.6. The Morgan fingerprint density at radius 2 is 1.76 bits per heavy atom. The fourth-order valence-electron chi connectivity index (χ4n) is 2.71. The molecule has 0 aliphatic heterocycles. The summed E-state index contributed by atoms with van der Waals surface area (Å²) in [4.78, 5) is 72.2. The predicted octanol–water partition coefficient (Wildman–Crippen LogP) is -0.405. The molecule has 1 atom stereocenters. The average molecular weight is 455 g/mol. The number of carboxylic acids is 2. The number of nitrogens with one attached hydrogen (secondary N) is 3. The number of anilines is 2. The third kappa shape index (κ3) is 5.63. The predicted molar refractivity (Wildman–Crippen MR) is 113 cm³/mol. The number of nitrogens with two attached hydrogens (primary N) is 1. The Labute approximate surface area is 183 Å². The number of benzene rings is 1. The van der Waals surface area contributed by atoms with E-state index in [9.17, 15) is 24.0 Å². The van der Waals surface area contributed by atoms with Crippen LogP contribution in [-0.4, -0.2) is 59.9 Å². The van der Waals surface area contributed by atoms with Gasteiger partial charge in [-0.3, -0.25) is 24.2 Å². The van der Waals surface area contributed by atoms with Crippen LogP contribution in [0, 0.1) is 0 Å². The summed E-state index contributed by atoms with van der Waals surface area (Å²) in [5, 5.41) is 22.6. The molecule has 0 bridgehead atoms. The van der Waals surface area contributed by atoms with Crippen LogP contribution in [0.3, 0.4) is 0 Å². The molecule has 0 fully saturated rings. The van der Waals surface area contributed by atoms with E-state index in [-0.39, 0.29) is 40.5 Å². The molecular weight excluding hydrogens is 438 g/mol. The molecule has 0 saturated heterocycles. The number of carbonyl (C=O) groups is 4. The van der Waals surface area contributed by atoms with Crippen molar-refractivity contribution in [1.29, 1.82) is 0 Å². The maximum absolute atomic E-state index is 12.4. The van der Waals surface area contributed by atoms with E-state index >= 15 is 0 Å². The fraction of sp³-hybridized carbons (Fsp3) is 0.158. The highest BCUT2D eigenvalue weighted by Crippen LogP contribution is 2.12. The van der Waals surface area contributed by atoms with Crippen LogP contribution in [0.15, 0.2) is 35.3 Å². The zero-order chi connectivity index (χ0) is 24.1. The lowest BCUT2D eigenvalue weighted by Crippen LogP contribution is -2.41. The van der Waals surface area contributed by atoms with Crippen molar-refractivity contribution in [2.45, 2.75) is 18.9 Å². The van der Waals surface area contributed by atoms with E-state index in [0.717, 1.165) is 6.20 Å². The summed E-state index contributed by atoms with van der Waals surface area (Å²) in [6.45, 7) is 0. The number of rotatable bonds is 8. The minimum Gasteiger partial charge on any atom is -0.481 e. The number of aromatic nitrogens is 4. The monoisotopic (exact) mass is 455 g/mol. The minimum atomic E-state index is -1.37. The molecule has 14 heteroatoms. The number of hydrogen-bond donors (Lipinski definition) is 6. The molecule has 2 amide bonds. The second-order valence-corrected chi connectivity index (χ2v) is 6.71. The number of carboxylic acid groups (broad SMARTS) is 2. The first-order valence-corrected chi connectivity index (χ1v) is 9.33. The average Bonchev–Trinajstić information content (AvgIpc) is 2.76. The smallest absolute Gasteiger partial charge is 0.326 e. The topological polar surface area (TPSA) is 230 Å². The van der Waals surface area contributed by atoms with Crippen molar-refractivity contribution in [3.63, 3.8) is 0 Å². The van der Waals surface area contributed by atoms with E-state index in [4.69, 9.17) is 15.9 Å². The second kappa shape index (κ2) is 9.51. The molecule has 2 aromatic heterocycles. The molecule has 2 heterocycles. The van der Waals surface area contributed by atoms with Crippen LogP contribution in [0.4, 0.5) is 11.6 Å². The first kappa shape index (κ1) is 22.8. The highest BCUT2D eigenvalue weighted by Gasteiger charge is 2.21. The number of carbonyl (C=O) groups excluding carboxylic acids is 2. The van der Waals surface area contributed by atoms with Gasteiger partial charge in [-0.25, -0.2) is 14.8 Å². The molecular formula is C19H17N7O7. The molecule has 14 nitrogen and oxygen atoms in total. The summed E-state index contributed by atoms with van der Waals surface area (Å²) in [7, 11) is 0. The highest BCUT2D eigenvalue weighted by atomic mass is 16.4. The van der Waals surface area contributed by atoms with Gasteiger partial charge < -0.3 is 26.6 Å². The molecule has 0 saturated carbocycles. The molecule has 0 aliphatic rings. The van der Waals surface area contributed by atoms with E-state index in [2.05, 4.69) is 30.6 Å². The van der Waals surface area contributed by atoms with Gasteiger partial charge in [0.1, 0.15) is 11.7 Å². The van der Waals surface area contributed by atoms with Crippen LogP contribution in [0.5, 0.6) is 0 Å². The Hall–Kier alpha value is -4.88. The summed E-state index contributed by atoms with van der Waals surface area (Å²) in [5.74, 6) is -4.11. The normalized spacial score (nSPS) is 11.5. The molecule has 1 aromatic carbocycles. The van der Waals surface area contributed by atoms with Gasteiger partial charge in [0.25, 0.3) is 17.4 Å². The lowest BCUT2D eigenvalue weighted by atomic mass is 10.1. The summed E-state index contributed by atoms with van der Waals surface area (Å²) < 4.78 is 0. The number of H-pyrrole nitrogens is 1. The Morgan fingerprint density at radius 1 is 1.06 bits per heavy atom. The van der Waals surface area contributed by atoms with Crippen LogP contribution in [0.25, 0.3) is 11.2 Å². The van der Waals surface area contributed by atoms with Gasteiger partial charge in [-0.05, 0) is 30.7 Å². The van der Waals surface area contributed by atoms with Crippen LogP contribution >= 0.6 is 0 Å². The summed E-state index contributed by atoms with van der Waals surface area (Å²) >= 11 is 0. The largest absolute Gasteiger partial charge is 0.481 e. The van der Waals surface area contributed by atoms with Crippen LogP contribution in [0.1, 0.15) is 33.7 Å². The standard InChI is InChI=1S/C19H17N7O7/c20-19-25-14-13(17(31)26-19)21-7-11(23-14)16(30)22-9-3-1-8(2-4-9)15(29)24-10(18(32)33)5-6-12(27)28/h1-4,7,10H,5-6H2,(H,22,30)(H,24,29)(H,27,28)(H,32,33)(H3,20,23,25,26,31)/t10-/m0/s1. The number of fused-ring (bicyclic) bond motifs is 1. The zero-order valence-corrected chi connectivity index (χ0v) is 16.7. The van der Waals surface area contributed by atoms with Crippen molar-refractivity contribution >= 4 is 46.6 Å². The molecule has 170 valence electrons. The number of aromatic amines is 1. The van der Waals surface area contributed by atoms with E-state index in [1.165, 1.54) is 24.3 Å². The van der Waals surface area contributed by atoms with Gasteiger partial charge >= 0.3 is 11.9 Å². The molecule has 3 rings (SSSR count). The van der Waals surface area contributed by atoms with Gasteiger partial charge in [-0.1, -0.05) is 0 Å². The molecule has 0 aliphatic carbocycles. The van der Waals surface area contributed by atoms with Gasteiger partial charge in [0.05, 0.1) is 6.20 Å². The van der Waals surface area contributed by atoms with E-state index in [1.54, 1.807) is 0 Å². The lowest BCUT2D eigenvalue weighted by Gasteiger charge is -2.13. The van der Waals surface area contributed by atoms with E-state index in [1.807, 2.05) is 0 Å². The van der Waals surface area contributed by atoms with Crippen molar-refractivity contribution in [2.24, 2.45) is 0 Å². The minimum absolute atomic E-state index is 0.0841. The number of amides is 2. The van der Waals surface area contributed by atoms with Crippen LogP contribution in [-0.2, 0) is 9.59 Å². The van der Waals surface area contributed by atoms with Gasteiger partial charge in [-0.15, -0.1) is 0 Å². The van der Waals surface area contributed by atoms with Crippen LogP contribution < -0.4 is 21.9 Å². The van der Waals surface area contributed by atoms with Crippen molar-refractivity contribution in [3.8, 4) is 0 Å². The van der Waals surface area contributed by atoms with Gasteiger partial charge in [0.2, 0.25) is 5.95 Å². The number of hydrogen-bond acceptors (Lipinski definition) is 9. The fourth-order valence-corrected chi connectivity index (χ4v) is 2.71. The first-order valence-electron chi connectivity index (χ1n) is 9.33. The molecule has 7 N–H and O–H groups in total. The Morgan fingerprint density at radius 3 is 2.39 bits per heavy atom. The Bertz CT molecular complexity index is 1300. The number of aliphatic carboxylic acids is 2. The van der Waals surface area contributed by atoms with Crippen molar-refractivity contribution in [1.82, 2.24) is 25.3 Å². The molecule has 0 spiro atoms. The second-order valence-electron chi connectivity index (χ2n) is 6.71. The Kier molecular flexibility index (Phi) is 6.57. The van der Waals surface area contributed by atoms with Crippen LogP contribution in [0.2, 0.25) is 0 Å². The van der Waals surface area contributed by atoms with E-state index < -0.39 is 41.8 Å². The summed E-state index contributed by atoms with van der Waals surface area (Å²) in [6, 6.07) is 4.11. The summed E-state index contributed by atoms with van der Waals surface area (Å²) in [5.41, 5.74) is 4.93. The van der Waals surface area contributed by atoms with Gasteiger partial charge in [0.15, 0.2) is 11.2 Å². The maximum atomic E-state index is 12.4. The molecule has 33 heavy (non-hydrogen) atoms. The van der Waals surface area contributed by atoms with Crippen molar-refractivity contribution in [3.05, 3.63) is 52.1 Å². The third-order valence-corrected chi connectivity index (χ3v) is 4.33. The lowest BCUT2D eigenvalue weighted by molar-refractivity contribution is -0.140. The number of nitrogen functional groups attached to an aromatic ring is 1.